The number of guanidine groups is 1. The molecule has 0 aromatic carbocycles. The summed E-state index contributed by atoms with van der Waals surface area (Å²) in [5.41, 5.74) is 6.15. The fourth-order valence-corrected chi connectivity index (χ4v) is 2.86. The summed E-state index contributed by atoms with van der Waals surface area (Å²) in [6, 6.07) is 0. The standard InChI is InChI=1S/C15H29N3O2/c1-3-12-10-18(11-13(4-2)20-12)15(16)17-8-7-14-6-5-9-19-14/h12-14H,3-11H2,1-2H3,(H2,16,17). The first-order chi connectivity index (χ1) is 9.72. The number of nitrogens with zero attached hydrogens (tertiary/aromatic N) is 2. The Balaban J connectivity index is 1.81. The van der Waals surface area contributed by atoms with Gasteiger partial charge in [0, 0.05) is 26.2 Å². The average Bonchev–Trinajstić information content (AvgIpc) is 2.99. The lowest BCUT2D eigenvalue weighted by Gasteiger charge is -2.38. The summed E-state index contributed by atoms with van der Waals surface area (Å²) in [7, 11) is 0. The number of rotatable bonds is 5. The third-order valence-electron chi connectivity index (χ3n) is 4.22. The summed E-state index contributed by atoms with van der Waals surface area (Å²) >= 11 is 0. The van der Waals surface area contributed by atoms with Crippen LogP contribution in [0.5, 0.6) is 0 Å². The van der Waals surface area contributed by atoms with Crippen molar-refractivity contribution in [3.05, 3.63) is 0 Å². The summed E-state index contributed by atoms with van der Waals surface area (Å²) in [5.74, 6) is 0.670. The molecule has 0 radical (unpaired) electrons. The van der Waals surface area contributed by atoms with Crippen LogP contribution in [0.3, 0.4) is 0 Å². The minimum Gasteiger partial charge on any atom is -0.378 e. The summed E-state index contributed by atoms with van der Waals surface area (Å²) < 4.78 is 11.6. The Labute approximate surface area is 122 Å². The molecule has 2 N–H and O–H groups in total. The number of morpholine rings is 1. The predicted molar refractivity (Wildman–Crippen MR) is 80.9 cm³/mol. The third-order valence-corrected chi connectivity index (χ3v) is 4.22. The highest BCUT2D eigenvalue weighted by Gasteiger charge is 2.26. The van der Waals surface area contributed by atoms with Gasteiger partial charge in [0.2, 0.25) is 0 Å². The molecule has 0 bridgehead atoms. The Kier molecular flexibility index (Phi) is 6.10. The van der Waals surface area contributed by atoms with E-state index >= 15 is 0 Å². The first kappa shape index (κ1) is 15.6. The fourth-order valence-electron chi connectivity index (χ4n) is 2.86. The van der Waals surface area contributed by atoms with Crippen molar-refractivity contribution in [2.45, 2.75) is 64.3 Å². The van der Waals surface area contributed by atoms with Crippen LogP contribution in [0, 0.1) is 0 Å². The first-order valence-corrected chi connectivity index (χ1v) is 8.04. The predicted octanol–water partition coefficient (Wildman–Crippen LogP) is 1.76. The second-order valence-electron chi connectivity index (χ2n) is 5.77. The molecule has 3 unspecified atom stereocenters. The van der Waals surface area contributed by atoms with E-state index in [9.17, 15) is 0 Å². The van der Waals surface area contributed by atoms with Crippen LogP contribution in [0.25, 0.3) is 0 Å². The van der Waals surface area contributed by atoms with Crippen LogP contribution in [0.2, 0.25) is 0 Å². The molecule has 0 aromatic heterocycles. The zero-order valence-corrected chi connectivity index (χ0v) is 12.9. The molecule has 0 amide bonds. The van der Waals surface area contributed by atoms with Crippen LogP contribution in [-0.4, -0.2) is 55.4 Å². The average molecular weight is 283 g/mol. The van der Waals surface area contributed by atoms with Gasteiger partial charge in [-0.05, 0) is 32.1 Å². The van der Waals surface area contributed by atoms with Crippen LogP contribution < -0.4 is 5.73 Å². The molecule has 2 rings (SSSR count). The van der Waals surface area contributed by atoms with Gasteiger partial charge in [-0.15, -0.1) is 0 Å². The molecule has 0 aromatic rings. The van der Waals surface area contributed by atoms with Crippen LogP contribution >= 0.6 is 0 Å². The highest BCUT2D eigenvalue weighted by molar-refractivity contribution is 5.78. The topological polar surface area (TPSA) is 60.1 Å². The first-order valence-electron chi connectivity index (χ1n) is 8.04. The van der Waals surface area contributed by atoms with E-state index in [0.717, 1.165) is 45.5 Å². The van der Waals surface area contributed by atoms with E-state index in [1.54, 1.807) is 0 Å². The van der Waals surface area contributed by atoms with E-state index in [1.165, 1.54) is 12.8 Å². The van der Waals surface area contributed by atoms with Gasteiger partial charge in [-0.1, -0.05) is 13.8 Å². The summed E-state index contributed by atoms with van der Waals surface area (Å²) in [5, 5.41) is 0. The lowest BCUT2D eigenvalue weighted by molar-refractivity contribution is -0.0690. The molecular formula is C15H29N3O2. The van der Waals surface area contributed by atoms with Crippen molar-refractivity contribution in [3.8, 4) is 0 Å². The molecule has 20 heavy (non-hydrogen) atoms. The molecule has 2 heterocycles. The second-order valence-corrected chi connectivity index (χ2v) is 5.77. The molecule has 5 heteroatoms. The van der Waals surface area contributed by atoms with Crippen molar-refractivity contribution in [3.63, 3.8) is 0 Å². The van der Waals surface area contributed by atoms with Crippen LogP contribution in [0.4, 0.5) is 0 Å². The molecule has 0 saturated carbocycles. The lowest BCUT2D eigenvalue weighted by atomic mass is 10.1. The quantitative estimate of drug-likeness (QED) is 0.617. The van der Waals surface area contributed by atoms with Gasteiger partial charge < -0.3 is 20.1 Å². The maximum atomic E-state index is 6.15. The Morgan fingerprint density at radius 1 is 1.20 bits per heavy atom. The highest BCUT2D eigenvalue weighted by atomic mass is 16.5. The Bertz CT molecular complexity index is 304. The van der Waals surface area contributed by atoms with Crippen molar-refractivity contribution in [1.82, 2.24) is 4.90 Å². The smallest absolute Gasteiger partial charge is 0.191 e. The molecule has 116 valence electrons. The van der Waals surface area contributed by atoms with Crippen molar-refractivity contribution in [1.29, 1.82) is 0 Å². The van der Waals surface area contributed by atoms with Gasteiger partial charge in [-0.3, -0.25) is 4.99 Å². The van der Waals surface area contributed by atoms with Gasteiger partial charge in [0.1, 0.15) is 0 Å². The molecule has 2 saturated heterocycles. The van der Waals surface area contributed by atoms with Crippen LogP contribution in [-0.2, 0) is 9.47 Å². The molecule has 0 spiro atoms. The number of ether oxygens (including phenoxy) is 2. The molecular weight excluding hydrogens is 254 g/mol. The van der Waals surface area contributed by atoms with E-state index in [2.05, 4.69) is 23.7 Å². The van der Waals surface area contributed by atoms with E-state index in [-0.39, 0.29) is 12.2 Å². The van der Waals surface area contributed by atoms with Crippen molar-refractivity contribution >= 4 is 5.96 Å². The van der Waals surface area contributed by atoms with E-state index in [4.69, 9.17) is 15.2 Å². The summed E-state index contributed by atoms with van der Waals surface area (Å²) in [6.45, 7) is 7.72. The van der Waals surface area contributed by atoms with Gasteiger partial charge >= 0.3 is 0 Å². The van der Waals surface area contributed by atoms with Crippen LogP contribution in [0.15, 0.2) is 4.99 Å². The molecule has 3 atom stereocenters. The Morgan fingerprint density at radius 2 is 1.90 bits per heavy atom. The number of nitrogens with two attached hydrogens (primary N) is 1. The van der Waals surface area contributed by atoms with E-state index in [1.807, 2.05) is 0 Å². The number of aliphatic imine (C=N–C) groups is 1. The molecule has 2 aliphatic heterocycles. The van der Waals surface area contributed by atoms with Gasteiger partial charge in [0.25, 0.3) is 0 Å². The minimum absolute atomic E-state index is 0.278. The summed E-state index contributed by atoms with van der Waals surface area (Å²) in [4.78, 5) is 6.72. The van der Waals surface area contributed by atoms with Crippen molar-refractivity contribution in [2.24, 2.45) is 10.7 Å². The highest BCUT2D eigenvalue weighted by Crippen LogP contribution is 2.17. The zero-order chi connectivity index (χ0) is 14.4. The maximum Gasteiger partial charge on any atom is 0.191 e. The largest absolute Gasteiger partial charge is 0.378 e. The Hall–Kier alpha value is -0.810. The van der Waals surface area contributed by atoms with Crippen molar-refractivity contribution in [2.75, 3.05) is 26.2 Å². The zero-order valence-electron chi connectivity index (χ0n) is 12.9. The minimum atomic E-state index is 0.278. The lowest BCUT2D eigenvalue weighted by Crippen LogP contribution is -2.52. The van der Waals surface area contributed by atoms with Gasteiger partial charge in [-0.2, -0.15) is 0 Å². The normalized spacial score (nSPS) is 31.8. The maximum absolute atomic E-state index is 6.15. The fraction of sp³-hybridized carbons (Fsp3) is 0.933. The molecule has 2 fully saturated rings. The Morgan fingerprint density at radius 3 is 2.45 bits per heavy atom. The third kappa shape index (κ3) is 4.35. The monoisotopic (exact) mass is 283 g/mol. The van der Waals surface area contributed by atoms with Crippen LogP contribution in [0.1, 0.15) is 46.0 Å². The molecule has 0 aliphatic carbocycles. The van der Waals surface area contributed by atoms with Gasteiger partial charge in [0.15, 0.2) is 5.96 Å². The summed E-state index contributed by atoms with van der Waals surface area (Å²) in [6.07, 6.45) is 6.34. The SMILES string of the molecule is CCC1CN(C(N)=NCCC2CCCO2)CC(CC)O1. The van der Waals surface area contributed by atoms with Gasteiger partial charge in [-0.25, -0.2) is 0 Å². The molecule has 2 aliphatic rings. The van der Waals surface area contributed by atoms with E-state index < -0.39 is 0 Å². The number of hydrogen-bond acceptors (Lipinski definition) is 3. The number of hydrogen-bond donors (Lipinski definition) is 1. The van der Waals surface area contributed by atoms with E-state index in [0.29, 0.717) is 12.1 Å². The van der Waals surface area contributed by atoms with Gasteiger partial charge in [0.05, 0.1) is 18.3 Å². The molecule has 5 nitrogen and oxygen atoms in total. The second kappa shape index (κ2) is 7.84. The van der Waals surface area contributed by atoms with Crippen molar-refractivity contribution < 1.29 is 9.47 Å².